The fourth-order valence-electron chi connectivity index (χ4n) is 4.72. The molecular weight excluding hydrogens is 362 g/mol. The van der Waals surface area contributed by atoms with Gasteiger partial charge in [0.25, 0.3) is 5.91 Å². The minimum absolute atomic E-state index is 0.154. The third-order valence-corrected chi connectivity index (χ3v) is 6.17. The Morgan fingerprint density at radius 3 is 2.41 bits per heavy atom. The molecule has 4 nitrogen and oxygen atoms in total. The number of fused-ring (bicyclic) bond motifs is 2. The average Bonchev–Trinajstić information content (AvgIpc) is 2.98. The van der Waals surface area contributed by atoms with E-state index in [0.29, 0.717) is 36.2 Å². The molecule has 1 aliphatic heterocycles. The van der Waals surface area contributed by atoms with Gasteiger partial charge in [-0.15, -0.1) is 0 Å². The molecule has 0 fully saturated rings. The number of anilines is 1. The van der Waals surface area contributed by atoms with E-state index in [1.165, 1.54) is 0 Å². The molecule has 0 saturated heterocycles. The standard InChI is InChI=1S/C25H21NO3/c27-23-19-11-5-4-10-18(19)14-15-21(23)25(29)20-12-6-7-13-22(20)26(24(25)28)16-17-8-2-1-3-9-17/h1-13,21,29H,14-16H2. The number of para-hydroxylation sites is 1. The number of aliphatic hydroxyl groups is 1. The number of nitrogens with zero attached hydrogens (tertiary/aromatic N) is 1. The molecule has 0 bridgehead atoms. The van der Waals surface area contributed by atoms with Crippen LogP contribution in [0.2, 0.25) is 0 Å². The predicted octanol–water partition coefficient (Wildman–Crippen LogP) is 3.87. The molecule has 3 aromatic carbocycles. The number of carbonyl (C=O) groups excluding carboxylic acids is 2. The van der Waals surface area contributed by atoms with Crippen molar-refractivity contribution in [3.63, 3.8) is 0 Å². The summed E-state index contributed by atoms with van der Waals surface area (Å²) in [4.78, 5) is 28.5. The quantitative estimate of drug-likeness (QED) is 0.747. The van der Waals surface area contributed by atoms with Crippen LogP contribution in [-0.4, -0.2) is 16.8 Å². The van der Waals surface area contributed by atoms with Gasteiger partial charge >= 0.3 is 0 Å². The zero-order valence-corrected chi connectivity index (χ0v) is 15.9. The minimum Gasteiger partial charge on any atom is -0.375 e. The first-order valence-electron chi connectivity index (χ1n) is 9.90. The Bertz CT molecular complexity index is 1110. The van der Waals surface area contributed by atoms with Crippen LogP contribution in [0.25, 0.3) is 0 Å². The second kappa shape index (κ2) is 6.68. The van der Waals surface area contributed by atoms with E-state index < -0.39 is 17.4 Å². The van der Waals surface area contributed by atoms with Crippen molar-refractivity contribution in [2.45, 2.75) is 25.0 Å². The van der Waals surface area contributed by atoms with E-state index in [2.05, 4.69) is 0 Å². The number of hydrogen-bond acceptors (Lipinski definition) is 3. The molecule has 1 heterocycles. The monoisotopic (exact) mass is 383 g/mol. The highest BCUT2D eigenvalue weighted by atomic mass is 16.3. The highest BCUT2D eigenvalue weighted by Gasteiger charge is 2.57. The van der Waals surface area contributed by atoms with Crippen LogP contribution in [-0.2, 0) is 23.4 Å². The lowest BCUT2D eigenvalue weighted by Crippen LogP contribution is -2.49. The van der Waals surface area contributed by atoms with Crippen molar-refractivity contribution in [2.75, 3.05) is 4.90 Å². The van der Waals surface area contributed by atoms with E-state index in [-0.39, 0.29) is 5.78 Å². The van der Waals surface area contributed by atoms with Gasteiger partial charge in [-0.05, 0) is 30.0 Å². The minimum atomic E-state index is -1.84. The van der Waals surface area contributed by atoms with Gasteiger partial charge in [-0.25, -0.2) is 0 Å². The molecule has 1 aliphatic carbocycles. The van der Waals surface area contributed by atoms with Crippen molar-refractivity contribution < 1.29 is 14.7 Å². The summed E-state index contributed by atoms with van der Waals surface area (Å²) in [5.41, 5.74) is 1.94. The van der Waals surface area contributed by atoms with Crippen molar-refractivity contribution in [2.24, 2.45) is 5.92 Å². The van der Waals surface area contributed by atoms with Crippen LogP contribution in [0.1, 0.15) is 33.5 Å². The Balaban J connectivity index is 1.58. The van der Waals surface area contributed by atoms with E-state index in [1.54, 1.807) is 17.0 Å². The molecule has 1 N–H and O–H groups in total. The molecule has 4 heteroatoms. The van der Waals surface area contributed by atoms with Gasteiger partial charge in [0.15, 0.2) is 11.4 Å². The highest BCUT2D eigenvalue weighted by molar-refractivity contribution is 6.12. The molecule has 2 aliphatic rings. The first-order valence-corrected chi connectivity index (χ1v) is 9.90. The predicted molar refractivity (Wildman–Crippen MR) is 111 cm³/mol. The maximum Gasteiger partial charge on any atom is 0.264 e. The van der Waals surface area contributed by atoms with Gasteiger partial charge in [-0.1, -0.05) is 72.8 Å². The Morgan fingerprint density at radius 2 is 1.59 bits per heavy atom. The summed E-state index contributed by atoms with van der Waals surface area (Å²) >= 11 is 0. The molecule has 1 amide bonds. The molecule has 29 heavy (non-hydrogen) atoms. The van der Waals surface area contributed by atoms with Gasteiger partial charge in [0.05, 0.1) is 18.2 Å². The van der Waals surface area contributed by atoms with Gasteiger partial charge in [-0.3, -0.25) is 9.59 Å². The van der Waals surface area contributed by atoms with Gasteiger partial charge in [0.2, 0.25) is 0 Å². The largest absolute Gasteiger partial charge is 0.375 e. The summed E-state index contributed by atoms with van der Waals surface area (Å²) < 4.78 is 0. The SMILES string of the molecule is O=C1c2ccccc2CCC1C1(O)C(=O)N(Cc2ccccc2)c2ccccc21. The van der Waals surface area contributed by atoms with Crippen LogP contribution in [0.3, 0.4) is 0 Å². The van der Waals surface area contributed by atoms with Crippen LogP contribution in [0.5, 0.6) is 0 Å². The lowest BCUT2D eigenvalue weighted by atomic mass is 9.71. The van der Waals surface area contributed by atoms with E-state index in [1.807, 2.05) is 66.7 Å². The van der Waals surface area contributed by atoms with Gasteiger partial charge in [-0.2, -0.15) is 0 Å². The molecule has 0 aromatic heterocycles. The van der Waals surface area contributed by atoms with Crippen LogP contribution in [0.4, 0.5) is 5.69 Å². The summed E-state index contributed by atoms with van der Waals surface area (Å²) in [6.07, 6.45) is 1.12. The number of carbonyl (C=O) groups is 2. The molecule has 2 atom stereocenters. The van der Waals surface area contributed by atoms with Gasteiger partial charge < -0.3 is 10.0 Å². The van der Waals surface area contributed by atoms with Crippen LogP contribution in [0.15, 0.2) is 78.9 Å². The molecule has 0 radical (unpaired) electrons. The zero-order valence-electron chi connectivity index (χ0n) is 15.9. The molecule has 0 saturated carbocycles. The highest BCUT2D eigenvalue weighted by Crippen LogP contribution is 2.48. The van der Waals surface area contributed by atoms with Gasteiger partial charge in [0.1, 0.15) is 0 Å². The summed E-state index contributed by atoms with van der Waals surface area (Å²) in [5, 5.41) is 11.8. The van der Waals surface area contributed by atoms with E-state index in [0.717, 1.165) is 11.1 Å². The normalized spacial score (nSPS) is 23.1. The number of ketones is 1. The Kier molecular flexibility index (Phi) is 4.10. The Morgan fingerprint density at radius 1 is 0.897 bits per heavy atom. The van der Waals surface area contributed by atoms with Crippen LogP contribution >= 0.6 is 0 Å². The summed E-state index contributed by atoms with van der Waals surface area (Å²) in [7, 11) is 0. The fraction of sp³-hybridized carbons (Fsp3) is 0.200. The number of benzene rings is 3. The van der Waals surface area contributed by atoms with Crippen molar-refractivity contribution >= 4 is 17.4 Å². The number of amides is 1. The molecule has 3 aromatic rings. The molecule has 2 unspecified atom stereocenters. The van der Waals surface area contributed by atoms with Crippen LogP contribution in [0, 0.1) is 5.92 Å². The lowest BCUT2D eigenvalue weighted by Gasteiger charge is -2.34. The van der Waals surface area contributed by atoms with Crippen molar-refractivity contribution in [1.29, 1.82) is 0 Å². The third kappa shape index (κ3) is 2.64. The molecule has 5 rings (SSSR count). The first kappa shape index (κ1) is 17.8. The van der Waals surface area contributed by atoms with E-state index >= 15 is 0 Å². The number of aryl methyl sites for hydroxylation is 1. The van der Waals surface area contributed by atoms with Crippen molar-refractivity contribution in [3.05, 3.63) is 101 Å². The van der Waals surface area contributed by atoms with Crippen LogP contribution < -0.4 is 4.90 Å². The average molecular weight is 383 g/mol. The summed E-state index contributed by atoms with van der Waals surface area (Å²) in [6, 6.07) is 24.4. The number of rotatable bonds is 3. The summed E-state index contributed by atoms with van der Waals surface area (Å²) in [5.74, 6) is -1.36. The van der Waals surface area contributed by atoms with E-state index in [4.69, 9.17) is 0 Å². The first-order chi connectivity index (χ1) is 14.1. The van der Waals surface area contributed by atoms with E-state index in [9.17, 15) is 14.7 Å². The third-order valence-electron chi connectivity index (χ3n) is 6.17. The second-order valence-electron chi connectivity index (χ2n) is 7.77. The lowest BCUT2D eigenvalue weighted by molar-refractivity contribution is -0.140. The number of hydrogen-bond donors (Lipinski definition) is 1. The topological polar surface area (TPSA) is 57.6 Å². The van der Waals surface area contributed by atoms with Gasteiger partial charge in [0, 0.05) is 11.1 Å². The Hall–Kier alpha value is -3.24. The fourth-order valence-corrected chi connectivity index (χ4v) is 4.72. The Labute approximate surface area is 169 Å². The zero-order chi connectivity index (χ0) is 20.0. The molecular formula is C25H21NO3. The number of Topliss-reactive ketones (excluding diaryl/α,β-unsaturated/α-hetero) is 1. The molecule has 144 valence electrons. The maximum absolute atomic E-state index is 13.6. The smallest absolute Gasteiger partial charge is 0.264 e. The summed E-state index contributed by atoms with van der Waals surface area (Å²) in [6.45, 7) is 0.358. The molecule has 0 spiro atoms. The van der Waals surface area contributed by atoms with Crippen molar-refractivity contribution in [1.82, 2.24) is 0 Å². The second-order valence-corrected chi connectivity index (χ2v) is 7.77. The van der Waals surface area contributed by atoms with Crippen molar-refractivity contribution in [3.8, 4) is 0 Å². The maximum atomic E-state index is 13.6.